The van der Waals surface area contributed by atoms with Crippen LogP contribution in [-0.4, -0.2) is 17.5 Å². The third-order valence-corrected chi connectivity index (χ3v) is 1.78. The van der Waals surface area contributed by atoms with E-state index in [0.29, 0.717) is 0 Å². The summed E-state index contributed by atoms with van der Waals surface area (Å²) in [7, 11) is 0. The summed E-state index contributed by atoms with van der Waals surface area (Å²) in [4.78, 5) is 22.2. The molecule has 0 spiro atoms. The second-order valence-corrected chi connectivity index (χ2v) is 3.09. The minimum absolute atomic E-state index is 0.0975. The van der Waals surface area contributed by atoms with E-state index in [4.69, 9.17) is 9.47 Å². The van der Waals surface area contributed by atoms with Crippen molar-refractivity contribution in [2.45, 2.75) is 6.92 Å². The minimum Gasteiger partial charge on any atom is -0.450 e. The fourth-order valence-corrected chi connectivity index (χ4v) is 1.21. The normalized spacial score (nSPS) is 9.47. The van der Waals surface area contributed by atoms with E-state index in [2.05, 4.69) is 15.9 Å². The van der Waals surface area contributed by atoms with Crippen LogP contribution < -0.4 is 4.74 Å². The lowest BCUT2D eigenvalue weighted by molar-refractivity contribution is -0.131. The maximum Gasteiger partial charge on any atom is 0.342 e. The van der Waals surface area contributed by atoms with Gasteiger partial charge in [0.1, 0.15) is 16.8 Å². The topological polar surface area (TPSA) is 52.6 Å². The van der Waals surface area contributed by atoms with Gasteiger partial charge in [0.25, 0.3) is 0 Å². The summed E-state index contributed by atoms with van der Waals surface area (Å²) < 4.78 is 9.59. The highest BCUT2D eigenvalue weighted by molar-refractivity contribution is 9.09. The molecule has 0 fully saturated rings. The van der Waals surface area contributed by atoms with E-state index < -0.39 is 11.9 Å². The SMILES string of the molecule is CC(=O)Oc1ccccc1C(=O)OCBr. The lowest BCUT2D eigenvalue weighted by Crippen LogP contribution is -2.09. The molecule has 15 heavy (non-hydrogen) atoms. The molecule has 1 aromatic carbocycles. The van der Waals surface area contributed by atoms with Gasteiger partial charge in [0.2, 0.25) is 0 Å². The van der Waals surface area contributed by atoms with Gasteiger partial charge in [-0.25, -0.2) is 4.79 Å². The highest BCUT2D eigenvalue weighted by Crippen LogP contribution is 2.19. The Bertz CT molecular complexity index is 375. The van der Waals surface area contributed by atoms with E-state index in [0.717, 1.165) is 0 Å². The molecule has 0 radical (unpaired) electrons. The summed E-state index contributed by atoms with van der Waals surface area (Å²) >= 11 is 2.97. The molecule has 0 aliphatic heterocycles. The number of carbonyl (C=O) groups excluding carboxylic acids is 2. The number of alkyl halides is 1. The summed E-state index contributed by atoms with van der Waals surface area (Å²) in [6.07, 6.45) is 0. The molecule has 5 heteroatoms. The number of esters is 2. The number of hydrogen-bond donors (Lipinski definition) is 0. The number of ether oxygens (including phenoxy) is 2. The number of carbonyl (C=O) groups is 2. The van der Waals surface area contributed by atoms with Crippen LogP contribution in [0, 0.1) is 0 Å². The van der Waals surface area contributed by atoms with E-state index in [-0.39, 0.29) is 16.8 Å². The Kier molecular flexibility index (Phi) is 4.30. The van der Waals surface area contributed by atoms with Crippen molar-refractivity contribution in [3.63, 3.8) is 0 Å². The van der Waals surface area contributed by atoms with Crippen LogP contribution >= 0.6 is 15.9 Å². The highest BCUT2D eigenvalue weighted by atomic mass is 79.9. The first-order valence-electron chi connectivity index (χ1n) is 4.15. The van der Waals surface area contributed by atoms with Crippen molar-refractivity contribution in [2.75, 3.05) is 5.52 Å². The van der Waals surface area contributed by atoms with Crippen molar-refractivity contribution in [1.82, 2.24) is 0 Å². The van der Waals surface area contributed by atoms with Gasteiger partial charge in [-0.2, -0.15) is 0 Å². The van der Waals surface area contributed by atoms with Crippen LogP contribution in [0.25, 0.3) is 0 Å². The van der Waals surface area contributed by atoms with Crippen molar-refractivity contribution in [3.05, 3.63) is 29.8 Å². The van der Waals surface area contributed by atoms with E-state index in [1.807, 2.05) is 0 Å². The van der Waals surface area contributed by atoms with E-state index in [1.54, 1.807) is 12.1 Å². The molecule has 0 unspecified atom stereocenters. The molecule has 0 saturated heterocycles. The molecule has 0 aliphatic carbocycles. The fraction of sp³-hybridized carbons (Fsp3) is 0.200. The van der Waals surface area contributed by atoms with Crippen molar-refractivity contribution in [3.8, 4) is 5.75 Å². The predicted octanol–water partition coefficient (Wildman–Crippen LogP) is 2.12. The van der Waals surface area contributed by atoms with Crippen molar-refractivity contribution < 1.29 is 19.1 Å². The van der Waals surface area contributed by atoms with Gasteiger partial charge >= 0.3 is 11.9 Å². The predicted molar refractivity (Wildman–Crippen MR) is 57.0 cm³/mol. The van der Waals surface area contributed by atoms with E-state index >= 15 is 0 Å². The molecule has 0 aromatic heterocycles. The first kappa shape index (κ1) is 11.7. The Morgan fingerprint density at radius 3 is 2.60 bits per heavy atom. The minimum atomic E-state index is -0.538. The third kappa shape index (κ3) is 3.36. The maximum absolute atomic E-state index is 11.4. The molecule has 80 valence electrons. The summed E-state index contributed by atoms with van der Waals surface area (Å²) in [6, 6.07) is 6.40. The van der Waals surface area contributed by atoms with Crippen molar-refractivity contribution in [1.29, 1.82) is 0 Å². The Balaban J connectivity index is 2.95. The zero-order chi connectivity index (χ0) is 11.3. The Hall–Kier alpha value is -1.36. The second-order valence-electron chi connectivity index (χ2n) is 2.63. The van der Waals surface area contributed by atoms with Crippen molar-refractivity contribution >= 4 is 27.9 Å². The lowest BCUT2D eigenvalue weighted by atomic mass is 10.2. The standard InChI is InChI=1S/C10H9BrO4/c1-7(12)15-9-5-3-2-4-8(9)10(13)14-6-11/h2-5H,6H2,1H3. The smallest absolute Gasteiger partial charge is 0.342 e. The molecule has 0 N–H and O–H groups in total. The van der Waals surface area contributed by atoms with Crippen LogP contribution in [0.4, 0.5) is 0 Å². The fourth-order valence-electron chi connectivity index (χ4n) is 1.01. The van der Waals surface area contributed by atoms with E-state index in [9.17, 15) is 9.59 Å². The molecule has 0 heterocycles. The molecule has 0 bridgehead atoms. The molecular weight excluding hydrogens is 264 g/mol. The van der Waals surface area contributed by atoms with Crippen LogP contribution in [-0.2, 0) is 9.53 Å². The Labute approximate surface area is 95.3 Å². The third-order valence-electron chi connectivity index (χ3n) is 1.55. The number of rotatable bonds is 3. The van der Waals surface area contributed by atoms with Gasteiger partial charge in [0.15, 0.2) is 0 Å². The van der Waals surface area contributed by atoms with Gasteiger partial charge in [-0.3, -0.25) is 4.79 Å². The molecule has 0 saturated carbocycles. The van der Waals surface area contributed by atoms with Gasteiger partial charge in [0.05, 0.1) is 0 Å². The van der Waals surface area contributed by atoms with Crippen LogP contribution in [0.15, 0.2) is 24.3 Å². The summed E-state index contributed by atoms with van der Waals surface area (Å²) in [5, 5.41) is 0. The average Bonchev–Trinajstić information content (AvgIpc) is 2.18. The van der Waals surface area contributed by atoms with Crippen molar-refractivity contribution in [2.24, 2.45) is 0 Å². The lowest BCUT2D eigenvalue weighted by Gasteiger charge is -2.06. The second kappa shape index (κ2) is 5.50. The van der Waals surface area contributed by atoms with Gasteiger partial charge in [-0.1, -0.05) is 12.1 Å². The largest absolute Gasteiger partial charge is 0.450 e. The first-order chi connectivity index (χ1) is 7.15. The molecule has 1 rings (SSSR count). The summed E-state index contributed by atoms with van der Waals surface area (Å²) in [5.41, 5.74) is 0.326. The zero-order valence-electron chi connectivity index (χ0n) is 8.03. The van der Waals surface area contributed by atoms with Crippen LogP contribution in [0.5, 0.6) is 5.75 Å². The van der Waals surface area contributed by atoms with Gasteiger partial charge in [-0.15, -0.1) is 0 Å². The number of hydrogen-bond acceptors (Lipinski definition) is 4. The Morgan fingerprint density at radius 1 is 1.33 bits per heavy atom. The molecule has 0 amide bonds. The van der Waals surface area contributed by atoms with Crippen LogP contribution in [0.1, 0.15) is 17.3 Å². The number of halogens is 1. The van der Waals surface area contributed by atoms with Gasteiger partial charge < -0.3 is 9.47 Å². The first-order valence-corrected chi connectivity index (χ1v) is 5.28. The van der Waals surface area contributed by atoms with Gasteiger partial charge in [0, 0.05) is 6.92 Å². The summed E-state index contributed by atoms with van der Waals surface area (Å²) in [5.74, 6) is -0.811. The molecule has 0 aliphatic rings. The number of para-hydroxylation sites is 1. The van der Waals surface area contributed by atoms with E-state index in [1.165, 1.54) is 19.1 Å². The molecule has 4 nitrogen and oxygen atoms in total. The summed E-state index contributed by atoms with van der Waals surface area (Å²) in [6.45, 7) is 1.27. The Morgan fingerprint density at radius 2 is 2.00 bits per heavy atom. The molecule has 1 aromatic rings. The van der Waals surface area contributed by atoms with Crippen LogP contribution in [0.2, 0.25) is 0 Å². The average molecular weight is 273 g/mol. The molecule has 0 atom stereocenters. The zero-order valence-corrected chi connectivity index (χ0v) is 9.61. The van der Waals surface area contributed by atoms with Crippen LogP contribution in [0.3, 0.4) is 0 Å². The number of benzene rings is 1. The monoisotopic (exact) mass is 272 g/mol. The maximum atomic E-state index is 11.4. The molecular formula is C10H9BrO4. The quantitative estimate of drug-likeness (QED) is 0.481. The van der Waals surface area contributed by atoms with Gasteiger partial charge in [-0.05, 0) is 28.1 Å². The highest BCUT2D eigenvalue weighted by Gasteiger charge is 2.13.